The Morgan fingerprint density at radius 3 is 2.14 bits per heavy atom. The highest BCUT2D eigenvalue weighted by Gasteiger charge is 2.41. The van der Waals surface area contributed by atoms with Gasteiger partial charge in [0.1, 0.15) is 0 Å². The van der Waals surface area contributed by atoms with Gasteiger partial charge in [0.25, 0.3) is 5.91 Å². The molecule has 1 fully saturated rings. The van der Waals surface area contributed by atoms with E-state index in [-0.39, 0.29) is 18.4 Å². The molecular weight excluding hydrogens is 288 g/mol. The minimum atomic E-state index is -0.790. The number of carbonyl (C=O) groups is 2. The molecule has 2 amide bonds. The van der Waals surface area contributed by atoms with Crippen molar-refractivity contribution in [2.75, 3.05) is 5.01 Å². The first-order valence-electron chi connectivity index (χ1n) is 6.60. The molecule has 2 aromatic rings. The molecule has 1 aliphatic rings. The van der Waals surface area contributed by atoms with Gasteiger partial charge >= 0.3 is 5.37 Å². The molecule has 1 unspecified atom stereocenters. The molecule has 21 heavy (non-hydrogen) atoms. The number of hydrogen-bond acceptors (Lipinski definition) is 3. The van der Waals surface area contributed by atoms with Gasteiger partial charge in [-0.1, -0.05) is 48.5 Å². The average Bonchev–Trinajstić information content (AvgIpc) is 2.86. The zero-order chi connectivity index (χ0) is 14.8. The number of rotatable bonds is 2. The second kappa shape index (κ2) is 5.58. The van der Waals surface area contributed by atoms with E-state index in [2.05, 4.69) is 0 Å². The van der Waals surface area contributed by atoms with Crippen molar-refractivity contribution in [2.24, 2.45) is 0 Å². The summed E-state index contributed by atoms with van der Waals surface area (Å²) in [5, 5.41) is 1.88. The zero-order valence-corrected chi connectivity index (χ0v) is 11.9. The normalized spacial score (nSPS) is 18.1. The Balaban J connectivity index is 2.07. The maximum Gasteiger partial charge on any atom is 0.342 e. The number of anilines is 1. The Morgan fingerprint density at radius 2 is 1.57 bits per heavy atom. The first-order valence-corrected chi connectivity index (χ1v) is 6.98. The molecule has 2 aromatic carbocycles. The Morgan fingerprint density at radius 1 is 1.00 bits per heavy atom. The Labute approximate surface area is 127 Å². The summed E-state index contributed by atoms with van der Waals surface area (Å²) < 4.78 is 0. The van der Waals surface area contributed by atoms with Crippen LogP contribution in [0.5, 0.6) is 0 Å². The van der Waals surface area contributed by atoms with Gasteiger partial charge in [0.05, 0.1) is 18.2 Å². The predicted octanol–water partition coefficient (Wildman–Crippen LogP) is 3.74. The molecule has 1 atom stereocenters. The lowest BCUT2D eigenvalue weighted by Crippen LogP contribution is -2.41. The third kappa shape index (κ3) is 2.50. The van der Waals surface area contributed by atoms with Crippen LogP contribution in [0.3, 0.4) is 0 Å². The van der Waals surface area contributed by atoms with E-state index < -0.39 is 5.37 Å². The van der Waals surface area contributed by atoms with Crippen LogP contribution in [-0.4, -0.2) is 16.3 Å². The van der Waals surface area contributed by atoms with Crippen molar-refractivity contribution >= 4 is 28.6 Å². The van der Waals surface area contributed by atoms with Crippen LogP contribution in [0, 0.1) is 0 Å². The Bertz CT molecular complexity index is 660. The number of nitrogens with zero attached hydrogens (tertiary/aromatic N) is 2. The summed E-state index contributed by atoms with van der Waals surface area (Å²) in [5.41, 5.74) is 1.72. The van der Waals surface area contributed by atoms with Crippen molar-refractivity contribution in [3.8, 4) is 0 Å². The van der Waals surface area contributed by atoms with Crippen LogP contribution in [0.1, 0.15) is 18.0 Å². The first-order chi connectivity index (χ1) is 10.2. The second-order valence-corrected chi connectivity index (χ2v) is 5.09. The quantitative estimate of drug-likeness (QED) is 0.626. The number of para-hydroxylation sites is 1. The molecule has 106 valence electrons. The number of carbonyl (C=O) groups excluding carboxylic acids is 2. The molecule has 0 saturated carbocycles. The fourth-order valence-corrected chi connectivity index (χ4v) is 2.77. The van der Waals surface area contributed by atoms with E-state index in [0.717, 1.165) is 16.3 Å². The molecule has 0 aromatic heterocycles. The number of benzene rings is 2. The first kappa shape index (κ1) is 13.6. The molecule has 1 saturated heterocycles. The number of amides is 2. The molecule has 1 aliphatic heterocycles. The zero-order valence-electron chi connectivity index (χ0n) is 11.1. The smallest absolute Gasteiger partial charge is 0.272 e. The van der Waals surface area contributed by atoms with Gasteiger partial charge in [-0.2, -0.15) is 5.01 Å². The molecular formula is C16H13ClN2O2. The van der Waals surface area contributed by atoms with Gasteiger partial charge in [-0.25, -0.2) is 0 Å². The lowest BCUT2D eigenvalue weighted by atomic mass is 10.0. The van der Waals surface area contributed by atoms with Gasteiger partial charge in [0, 0.05) is 0 Å². The lowest BCUT2D eigenvalue weighted by molar-refractivity contribution is -0.125. The van der Waals surface area contributed by atoms with Gasteiger partial charge in [-0.3, -0.25) is 14.6 Å². The summed E-state index contributed by atoms with van der Waals surface area (Å²) in [7, 11) is 0. The van der Waals surface area contributed by atoms with Crippen molar-refractivity contribution in [3.05, 3.63) is 66.2 Å². The maximum absolute atomic E-state index is 12.2. The van der Waals surface area contributed by atoms with Gasteiger partial charge in [-0.15, -0.1) is 0 Å². The molecule has 1 heterocycles. The SMILES string of the molecule is O=C(Cl)N1C(=O)CC(c2ccccc2)N1c1ccccc1. The monoisotopic (exact) mass is 300 g/mol. The summed E-state index contributed by atoms with van der Waals surface area (Å²) >= 11 is 5.60. The number of halogens is 1. The van der Waals surface area contributed by atoms with Gasteiger partial charge in [0.15, 0.2) is 0 Å². The van der Waals surface area contributed by atoms with Crippen molar-refractivity contribution in [3.63, 3.8) is 0 Å². The van der Waals surface area contributed by atoms with E-state index in [0.29, 0.717) is 0 Å². The Hall–Kier alpha value is -2.33. The summed E-state index contributed by atoms with van der Waals surface area (Å²) in [6, 6.07) is 18.7. The molecule has 3 rings (SSSR count). The highest BCUT2D eigenvalue weighted by molar-refractivity contribution is 6.64. The molecule has 0 N–H and O–H groups in total. The van der Waals surface area contributed by atoms with Crippen LogP contribution < -0.4 is 5.01 Å². The van der Waals surface area contributed by atoms with Crippen molar-refractivity contribution in [2.45, 2.75) is 12.5 Å². The molecule has 5 heteroatoms. The molecule has 4 nitrogen and oxygen atoms in total. The van der Waals surface area contributed by atoms with Crippen molar-refractivity contribution in [1.82, 2.24) is 5.01 Å². The van der Waals surface area contributed by atoms with Crippen LogP contribution in [0.15, 0.2) is 60.7 Å². The summed E-state index contributed by atoms with van der Waals surface area (Å²) in [4.78, 5) is 23.8. The third-order valence-electron chi connectivity index (χ3n) is 3.49. The predicted molar refractivity (Wildman–Crippen MR) is 80.8 cm³/mol. The topological polar surface area (TPSA) is 40.6 Å². The van der Waals surface area contributed by atoms with E-state index in [9.17, 15) is 9.59 Å². The minimum Gasteiger partial charge on any atom is -0.272 e. The van der Waals surface area contributed by atoms with E-state index in [1.54, 1.807) is 5.01 Å². The number of hydrazine groups is 1. The van der Waals surface area contributed by atoms with Crippen LogP contribution >= 0.6 is 11.6 Å². The molecule has 0 aliphatic carbocycles. The van der Waals surface area contributed by atoms with Crippen molar-refractivity contribution in [1.29, 1.82) is 0 Å². The second-order valence-electron chi connectivity index (χ2n) is 4.77. The van der Waals surface area contributed by atoms with Crippen molar-refractivity contribution < 1.29 is 9.59 Å². The van der Waals surface area contributed by atoms with E-state index in [1.165, 1.54) is 0 Å². The highest BCUT2D eigenvalue weighted by atomic mass is 35.5. The van der Waals surface area contributed by atoms with Gasteiger partial charge in [-0.05, 0) is 29.3 Å². The maximum atomic E-state index is 12.2. The average molecular weight is 301 g/mol. The van der Waals surface area contributed by atoms with E-state index in [4.69, 9.17) is 11.6 Å². The van der Waals surface area contributed by atoms with E-state index >= 15 is 0 Å². The van der Waals surface area contributed by atoms with Crippen LogP contribution in [-0.2, 0) is 4.79 Å². The molecule has 0 radical (unpaired) electrons. The highest BCUT2D eigenvalue weighted by Crippen LogP contribution is 2.37. The van der Waals surface area contributed by atoms with Crippen LogP contribution in [0.4, 0.5) is 10.5 Å². The fraction of sp³-hybridized carbons (Fsp3) is 0.125. The third-order valence-corrected chi connectivity index (χ3v) is 3.65. The van der Waals surface area contributed by atoms with Crippen LogP contribution in [0.2, 0.25) is 0 Å². The Kier molecular flexibility index (Phi) is 3.62. The standard InChI is InChI=1S/C16H13ClN2O2/c17-16(21)19-15(20)11-14(12-7-3-1-4-8-12)18(19)13-9-5-2-6-10-13/h1-10,14H,11H2. The lowest BCUT2D eigenvalue weighted by Gasteiger charge is -2.31. The van der Waals surface area contributed by atoms with Gasteiger partial charge in [0.2, 0.25) is 0 Å². The van der Waals surface area contributed by atoms with Crippen LogP contribution in [0.25, 0.3) is 0 Å². The molecule has 0 spiro atoms. The van der Waals surface area contributed by atoms with Gasteiger partial charge < -0.3 is 0 Å². The largest absolute Gasteiger partial charge is 0.342 e. The minimum absolute atomic E-state index is 0.220. The summed E-state index contributed by atoms with van der Waals surface area (Å²) in [6.45, 7) is 0. The van der Waals surface area contributed by atoms with E-state index in [1.807, 2.05) is 60.7 Å². The summed E-state index contributed by atoms with van der Waals surface area (Å²) in [6.07, 6.45) is 0.220. The number of imide groups is 1. The fourth-order valence-electron chi connectivity index (χ4n) is 2.59. The molecule has 0 bridgehead atoms. The summed E-state index contributed by atoms with van der Waals surface area (Å²) in [5.74, 6) is -0.298. The number of hydrogen-bond donors (Lipinski definition) is 0.